The lowest BCUT2D eigenvalue weighted by Gasteiger charge is -1.83. The molecule has 0 saturated carbocycles. The Kier molecular flexibility index (Phi) is 2.77. The van der Waals surface area contributed by atoms with E-state index in [1.165, 1.54) is 17.8 Å². The van der Waals surface area contributed by atoms with E-state index in [1.54, 1.807) is 11.3 Å². The summed E-state index contributed by atoms with van der Waals surface area (Å²) < 4.78 is 7.23. The third kappa shape index (κ3) is 2.17. The zero-order chi connectivity index (χ0) is 11.0. The molecule has 2 atom stereocenters. The van der Waals surface area contributed by atoms with E-state index in [0.29, 0.717) is 6.23 Å². The van der Waals surface area contributed by atoms with Gasteiger partial charge in [0.25, 0.3) is 0 Å². The fourth-order valence-electron chi connectivity index (χ4n) is 1.75. The van der Waals surface area contributed by atoms with Gasteiger partial charge in [0.15, 0.2) is 3.95 Å². The molecule has 2 aliphatic heterocycles. The Bertz CT molecular complexity index is 504. The number of H-pyrrole nitrogens is 1. The lowest BCUT2D eigenvalue weighted by molar-refractivity contribution is 0.159. The first-order chi connectivity index (χ1) is 7.83. The molecular formula is C11H12N2OS2. The first-order valence-electron chi connectivity index (χ1n) is 5.26. The number of nitrogens with zero attached hydrogens (tertiary/aromatic N) is 1. The van der Waals surface area contributed by atoms with Crippen LogP contribution in [0.1, 0.15) is 0 Å². The van der Waals surface area contributed by atoms with Crippen LogP contribution >= 0.6 is 23.6 Å². The maximum absolute atomic E-state index is 5.15. The molecule has 2 saturated heterocycles. The van der Waals surface area contributed by atoms with Gasteiger partial charge in [-0.2, -0.15) is 0 Å². The molecule has 0 amide bonds. The molecule has 0 radical (unpaired) electrons. The number of benzene rings is 1. The predicted molar refractivity (Wildman–Crippen MR) is 68.3 cm³/mol. The number of hydrogen-bond donors (Lipinski definition) is 1. The summed E-state index contributed by atoms with van der Waals surface area (Å²) in [6, 6.07) is 8.11. The third-order valence-corrected chi connectivity index (χ3v) is 3.89. The summed E-state index contributed by atoms with van der Waals surface area (Å²) in [4.78, 5) is 5.40. The van der Waals surface area contributed by atoms with E-state index in [4.69, 9.17) is 17.0 Å². The Balaban J connectivity index is 0.000000114. The van der Waals surface area contributed by atoms with Crippen LogP contribution in [0.3, 0.4) is 0 Å². The highest BCUT2D eigenvalue weighted by atomic mass is 32.1. The summed E-state index contributed by atoms with van der Waals surface area (Å²) >= 11 is 6.59. The van der Waals surface area contributed by atoms with Gasteiger partial charge in [0.1, 0.15) is 6.23 Å². The smallest absolute Gasteiger partial charge is 0.159 e. The van der Waals surface area contributed by atoms with Crippen molar-refractivity contribution in [3.8, 4) is 0 Å². The average Bonchev–Trinajstić information content (AvgIpc) is 2.74. The molecule has 4 rings (SSSR count). The zero-order valence-electron chi connectivity index (χ0n) is 8.68. The van der Waals surface area contributed by atoms with Gasteiger partial charge in [-0.25, -0.2) is 0 Å². The lowest BCUT2D eigenvalue weighted by Crippen LogP contribution is -1.96. The van der Waals surface area contributed by atoms with Crippen molar-refractivity contribution in [1.29, 1.82) is 0 Å². The van der Waals surface area contributed by atoms with E-state index in [9.17, 15) is 0 Å². The van der Waals surface area contributed by atoms with Gasteiger partial charge in [-0.05, 0) is 24.4 Å². The number of aromatic nitrogens is 1. The Morgan fingerprint density at radius 2 is 2.31 bits per heavy atom. The van der Waals surface area contributed by atoms with Gasteiger partial charge in [0.2, 0.25) is 0 Å². The first kappa shape index (κ1) is 10.4. The fraction of sp³-hybridized carbons (Fsp3) is 0.364. The number of thiazole rings is 1. The van der Waals surface area contributed by atoms with Crippen LogP contribution in [0, 0.1) is 3.95 Å². The number of fused-ring (bicyclic) bond motifs is 2. The van der Waals surface area contributed by atoms with Gasteiger partial charge < -0.3 is 9.72 Å². The van der Waals surface area contributed by atoms with Gasteiger partial charge in [0, 0.05) is 13.1 Å². The van der Waals surface area contributed by atoms with Crippen molar-refractivity contribution in [3.63, 3.8) is 0 Å². The maximum atomic E-state index is 5.15. The van der Waals surface area contributed by atoms with E-state index in [0.717, 1.165) is 16.1 Å². The number of rotatable bonds is 0. The van der Waals surface area contributed by atoms with Crippen molar-refractivity contribution < 1.29 is 4.74 Å². The van der Waals surface area contributed by atoms with Crippen LogP contribution in [0.25, 0.3) is 10.2 Å². The Labute approximate surface area is 103 Å². The second-order valence-electron chi connectivity index (χ2n) is 3.83. The highest BCUT2D eigenvalue weighted by molar-refractivity contribution is 7.73. The van der Waals surface area contributed by atoms with Crippen LogP contribution in [-0.4, -0.2) is 35.8 Å². The molecule has 0 aliphatic carbocycles. The highest BCUT2D eigenvalue weighted by Crippen LogP contribution is 2.22. The van der Waals surface area contributed by atoms with Crippen LogP contribution in [0.4, 0.5) is 0 Å². The number of ether oxygens (including phenoxy) is 1. The molecule has 2 aliphatic rings. The molecule has 84 valence electrons. The standard InChI is InChI=1S/C7H5NS2.C4H7NO/c9-7-8-5-3-1-2-4-6(5)10-7;1-2-6-4-3-5(1)4/h1-4H,(H,8,9);4H,1-3H2. The fourth-order valence-corrected chi connectivity index (χ4v) is 2.86. The van der Waals surface area contributed by atoms with Crippen LogP contribution in [0.15, 0.2) is 24.3 Å². The summed E-state index contributed by atoms with van der Waals surface area (Å²) in [6.45, 7) is 3.33. The van der Waals surface area contributed by atoms with Crippen molar-refractivity contribution in [2.45, 2.75) is 6.23 Å². The second-order valence-corrected chi connectivity index (χ2v) is 5.55. The van der Waals surface area contributed by atoms with Crippen LogP contribution in [0.2, 0.25) is 0 Å². The number of para-hydroxylation sites is 1. The summed E-state index contributed by atoms with van der Waals surface area (Å²) in [6.07, 6.45) is 0.546. The SMILES string of the molecule is C1CN2CC2O1.S=c1[nH]c2ccccc2s1. The van der Waals surface area contributed by atoms with Gasteiger partial charge in [0.05, 0.1) is 16.8 Å². The molecule has 5 heteroatoms. The first-order valence-corrected chi connectivity index (χ1v) is 6.49. The minimum absolute atomic E-state index is 0.546. The molecule has 1 aromatic heterocycles. The monoisotopic (exact) mass is 252 g/mol. The van der Waals surface area contributed by atoms with E-state index >= 15 is 0 Å². The molecule has 1 N–H and O–H groups in total. The van der Waals surface area contributed by atoms with E-state index in [-0.39, 0.29) is 0 Å². The van der Waals surface area contributed by atoms with Crippen molar-refractivity contribution in [2.75, 3.05) is 19.7 Å². The quantitative estimate of drug-likeness (QED) is 0.577. The van der Waals surface area contributed by atoms with Crippen LogP contribution in [-0.2, 0) is 4.74 Å². The topological polar surface area (TPSA) is 28.0 Å². The summed E-state index contributed by atoms with van der Waals surface area (Å²) in [5.41, 5.74) is 1.14. The Morgan fingerprint density at radius 1 is 1.44 bits per heavy atom. The van der Waals surface area contributed by atoms with Gasteiger partial charge in [-0.1, -0.05) is 12.1 Å². The van der Waals surface area contributed by atoms with E-state index in [1.807, 2.05) is 18.2 Å². The number of aromatic amines is 1. The molecule has 3 heterocycles. The molecule has 2 unspecified atom stereocenters. The number of morpholine rings is 1. The molecule has 2 aromatic rings. The van der Waals surface area contributed by atoms with E-state index < -0.39 is 0 Å². The lowest BCUT2D eigenvalue weighted by atomic mass is 10.3. The van der Waals surface area contributed by atoms with Gasteiger partial charge in [-0.15, -0.1) is 11.3 Å². The van der Waals surface area contributed by atoms with Crippen molar-refractivity contribution in [1.82, 2.24) is 9.88 Å². The van der Waals surface area contributed by atoms with Crippen molar-refractivity contribution in [3.05, 3.63) is 28.2 Å². The van der Waals surface area contributed by atoms with Crippen molar-refractivity contribution >= 4 is 33.8 Å². The number of nitrogens with one attached hydrogen (secondary N) is 1. The molecular weight excluding hydrogens is 240 g/mol. The van der Waals surface area contributed by atoms with E-state index in [2.05, 4.69) is 16.0 Å². The number of hydrogen-bond acceptors (Lipinski definition) is 4. The molecule has 2 fully saturated rings. The molecule has 3 nitrogen and oxygen atoms in total. The maximum Gasteiger partial charge on any atom is 0.159 e. The normalized spacial score (nSPS) is 26.0. The molecule has 0 spiro atoms. The summed E-state index contributed by atoms with van der Waals surface area (Å²) in [7, 11) is 0. The predicted octanol–water partition coefficient (Wildman–Crippen LogP) is 2.62. The molecule has 16 heavy (non-hydrogen) atoms. The Hall–Kier alpha value is -0.750. The summed E-state index contributed by atoms with van der Waals surface area (Å²) in [5.74, 6) is 0. The second kappa shape index (κ2) is 4.25. The largest absolute Gasteiger partial charge is 0.360 e. The minimum Gasteiger partial charge on any atom is -0.360 e. The summed E-state index contributed by atoms with van der Waals surface area (Å²) in [5, 5.41) is 0. The highest BCUT2D eigenvalue weighted by Gasteiger charge is 2.39. The zero-order valence-corrected chi connectivity index (χ0v) is 10.3. The van der Waals surface area contributed by atoms with Gasteiger partial charge in [-0.3, -0.25) is 4.90 Å². The van der Waals surface area contributed by atoms with Crippen molar-refractivity contribution in [2.24, 2.45) is 0 Å². The molecule has 0 bridgehead atoms. The molecule has 1 aromatic carbocycles. The average molecular weight is 252 g/mol. The third-order valence-electron chi connectivity index (χ3n) is 2.68. The Morgan fingerprint density at radius 3 is 2.88 bits per heavy atom. The van der Waals surface area contributed by atoms with Crippen LogP contribution in [0.5, 0.6) is 0 Å². The van der Waals surface area contributed by atoms with Gasteiger partial charge >= 0.3 is 0 Å². The minimum atomic E-state index is 0.546. The van der Waals surface area contributed by atoms with Crippen LogP contribution < -0.4 is 0 Å².